The summed E-state index contributed by atoms with van der Waals surface area (Å²) in [5.74, 6) is -0.572. The van der Waals surface area contributed by atoms with Crippen molar-refractivity contribution in [3.05, 3.63) is 34.6 Å². The molecule has 1 amide bonds. The molecule has 2 aliphatic rings. The number of sulfonamides is 1. The van der Waals surface area contributed by atoms with Crippen molar-refractivity contribution in [1.82, 2.24) is 14.1 Å². The van der Waals surface area contributed by atoms with Gasteiger partial charge in [0.05, 0.1) is 12.2 Å². The first-order valence-corrected chi connectivity index (χ1v) is 11.4. The lowest BCUT2D eigenvalue weighted by molar-refractivity contribution is -0.138. The summed E-state index contributed by atoms with van der Waals surface area (Å²) in [5.41, 5.74) is 0.481. The van der Waals surface area contributed by atoms with Crippen molar-refractivity contribution < 1.29 is 17.6 Å². The topological polar surface area (TPSA) is 60.9 Å². The largest absolute Gasteiger partial charge is 0.340 e. The van der Waals surface area contributed by atoms with E-state index in [9.17, 15) is 17.6 Å². The quantitative estimate of drug-likeness (QED) is 0.749. The van der Waals surface area contributed by atoms with Crippen molar-refractivity contribution in [2.45, 2.75) is 19.4 Å². The summed E-state index contributed by atoms with van der Waals surface area (Å²) >= 11 is 6.09. The number of hydrogen-bond acceptors (Lipinski definition) is 4. The van der Waals surface area contributed by atoms with Crippen molar-refractivity contribution in [3.63, 3.8) is 0 Å². The molecule has 2 heterocycles. The van der Waals surface area contributed by atoms with Gasteiger partial charge < -0.3 is 4.90 Å². The molecular formula is C18H25ClFN3O3S. The van der Waals surface area contributed by atoms with Crippen LogP contribution in [0.15, 0.2) is 18.2 Å². The summed E-state index contributed by atoms with van der Waals surface area (Å²) in [6, 6.07) is 4.66. The highest BCUT2D eigenvalue weighted by atomic mass is 35.5. The first-order chi connectivity index (χ1) is 12.8. The number of carbonyl (C=O) groups is 1. The van der Waals surface area contributed by atoms with Crippen LogP contribution in [0.25, 0.3) is 0 Å². The molecule has 150 valence electrons. The highest BCUT2D eigenvalue weighted by Crippen LogP contribution is 2.23. The second kappa shape index (κ2) is 8.43. The van der Waals surface area contributed by atoms with E-state index in [1.807, 2.05) is 0 Å². The van der Waals surface area contributed by atoms with Crippen LogP contribution in [0.1, 0.15) is 18.4 Å². The van der Waals surface area contributed by atoms with Crippen LogP contribution in [0, 0.1) is 11.7 Å². The fraction of sp³-hybridized carbons (Fsp3) is 0.611. The Morgan fingerprint density at radius 1 is 1.22 bits per heavy atom. The number of benzene rings is 1. The number of nitrogens with zero attached hydrogens (tertiary/aromatic N) is 3. The molecule has 0 saturated carbocycles. The van der Waals surface area contributed by atoms with Gasteiger partial charge >= 0.3 is 0 Å². The zero-order valence-electron chi connectivity index (χ0n) is 15.4. The Balaban J connectivity index is 1.55. The highest BCUT2D eigenvalue weighted by molar-refractivity contribution is 7.88. The second-order valence-corrected chi connectivity index (χ2v) is 9.65. The number of piperazine rings is 1. The number of rotatable bonds is 4. The summed E-state index contributed by atoms with van der Waals surface area (Å²) < 4.78 is 38.9. The highest BCUT2D eigenvalue weighted by Gasteiger charge is 2.33. The monoisotopic (exact) mass is 417 g/mol. The van der Waals surface area contributed by atoms with Gasteiger partial charge in [-0.25, -0.2) is 17.1 Å². The lowest BCUT2D eigenvalue weighted by Crippen LogP contribution is -2.52. The fourth-order valence-electron chi connectivity index (χ4n) is 3.74. The SMILES string of the molecule is CS(=O)(=O)N1CCC[C@@H](C(=O)N2CCN(Cc3c(F)cccc3Cl)CC2)C1. The van der Waals surface area contributed by atoms with Gasteiger partial charge in [0.1, 0.15) is 5.82 Å². The average Bonchev–Trinajstić information content (AvgIpc) is 2.64. The van der Waals surface area contributed by atoms with Gasteiger partial charge in [0.25, 0.3) is 0 Å². The Labute approximate surface area is 164 Å². The number of amides is 1. The minimum atomic E-state index is -3.27. The molecule has 1 aromatic rings. The van der Waals surface area contributed by atoms with Crippen molar-refractivity contribution in [3.8, 4) is 0 Å². The first-order valence-electron chi connectivity index (χ1n) is 9.15. The van der Waals surface area contributed by atoms with E-state index in [1.54, 1.807) is 17.0 Å². The van der Waals surface area contributed by atoms with E-state index in [0.717, 1.165) is 6.42 Å². The molecule has 27 heavy (non-hydrogen) atoms. The van der Waals surface area contributed by atoms with Gasteiger partial charge in [-0.2, -0.15) is 0 Å². The molecule has 9 heteroatoms. The molecule has 0 radical (unpaired) electrons. The van der Waals surface area contributed by atoms with Crippen LogP contribution in [0.2, 0.25) is 5.02 Å². The summed E-state index contributed by atoms with van der Waals surface area (Å²) in [5, 5.41) is 0.413. The Bertz CT molecular complexity index is 777. The van der Waals surface area contributed by atoms with Gasteiger partial charge in [-0.15, -0.1) is 0 Å². The Kier molecular flexibility index (Phi) is 6.40. The number of carbonyl (C=O) groups excluding carboxylic acids is 1. The number of piperidine rings is 1. The average molecular weight is 418 g/mol. The molecule has 2 aliphatic heterocycles. The van der Waals surface area contributed by atoms with E-state index in [2.05, 4.69) is 4.90 Å². The third-order valence-electron chi connectivity index (χ3n) is 5.33. The molecule has 0 spiro atoms. The van der Waals surface area contributed by atoms with Crippen LogP contribution in [0.3, 0.4) is 0 Å². The molecule has 0 bridgehead atoms. The van der Waals surface area contributed by atoms with Crippen molar-refractivity contribution in [2.24, 2.45) is 5.92 Å². The smallest absolute Gasteiger partial charge is 0.227 e. The Morgan fingerprint density at radius 3 is 2.56 bits per heavy atom. The zero-order valence-corrected chi connectivity index (χ0v) is 17.0. The number of halogens is 2. The maximum atomic E-state index is 14.0. The minimum absolute atomic E-state index is 0.0203. The van der Waals surface area contributed by atoms with Gasteiger partial charge in [0, 0.05) is 56.4 Å². The van der Waals surface area contributed by atoms with Crippen LogP contribution < -0.4 is 0 Å². The van der Waals surface area contributed by atoms with Crippen LogP contribution >= 0.6 is 11.6 Å². The van der Waals surface area contributed by atoms with Crippen LogP contribution in [0.5, 0.6) is 0 Å². The molecule has 2 saturated heterocycles. The van der Waals surface area contributed by atoms with Gasteiger partial charge in [-0.05, 0) is 25.0 Å². The molecule has 6 nitrogen and oxygen atoms in total. The van der Waals surface area contributed by atoms with E-state index in [-0.39, 0.29) is 24.2 Å². The molecule has 2 fully saturated rings. The molecule has 1 aromatic carbocycles. The van der Waals surface area contributed by atoms with E-state index in [0.29, 0.717) is 56.3 Å². The molecule has 0 aromatic heterocycles. The summed E-state index contributed by atoms with van der Waals surface area (Å²) in [6.07, 6.45) is 2.61. The van der Waals surface area contributed by atoms with Gasteiger partial charge in [0.15, 0.2) is 0 Å². The lowest BCUT2D eigenvalue weighted by atomic mass is 9.97. The van der Waals surface area contributed by atoms with E-state index >= 15 is 0 Å². The summed E-state index contributed by atoms with van der Waals surface area (Å²) in [4.78, 5) is 16.7. The van der Waals surface area contributed by atoms with Gasteiger partial charge in [-0.1, -0.05) is 17.7 Å². The molecule has 0 unspecified atom stereocenters. The molecule has 1 atom stereocenters. The standard InChI is InChI=1S/C18H25ClFN3O3S/c1-27(25,26)23-7-3-4-14(12-23)18(24)22-10-8-21(9-11-22)13-15-16(19)5-2-6-17(15)20/h2,5-6,14H,3-4,7-13H2,1H3/t14-/m1/s1. The second-order valence-electron chi connectivity index (χ2n) is 7.26. The van der Waals surface area contributed by atoms with E-state index < -0.39 is 10.0 Å². The summed E-state index contributed by atoms with van der Waals surface area (Å²) in [7, 11) is -3.27. The third-order valence-corrected chi connectivity index (χ3v) is 6.95. The van der Waals surface area contributed by atoms with Crippen molar-refractivity contribution in [2.75, 3.05) is 45.5 Å². The Hall–Kier alpha value is -1.22. The maximum absolute atomic E-state index is 14.0. The zero-order chi connectivity index (χ0) is 19.6. The molecule has 0 aliphatic carbocycles. The minimum Gasteiger partial charge on any atom is -0.340 e. The molecule has 0 N–H and O–H groups in total. The lowest BCUT2D eigenvalue weighted by Gasteiger charge is -2.38. The van der Waals surface area contributed by atoms with E-state index in [1.165, 1.54) is 16.6 Å². The van der Waals surface area contributed by atoms with E-state index in [4.69, 9.17) is 11.6 Å². The van der Waals surface area contributed by atoms with Crippen LogP contribution in [-0.2, 0) is 21.4 Å². The first kappa shape index (κ1) is 20.5. The molecular weight excluding hydrogens is 393 g/mol. The predicted octanol–water partition coefficient (Wildman–Crippen LogP) is 1.79. The van der Waals surface area contributed by atoms with Crippen molar-refractivity contribution in [1.29, 1.82) is 0 Å². The Morgan fingerprint density at radius 2 is 1.93 bits per heavy atom. The molecule has 3 rings (SSSR count). The number of hydrogen-bond donors (Lipinski definition) is 0. The van der Waals surface area contributed by atoms with Crippen LogP contribution in [-0.4, -0.2) is 74.0 Å². The summed E-state index contributed by atoms with van der Waals surface area (Å²) in [6.45, 7) is 3.56. The third kappa shape index (κ3) is 4.99. The van der Waals surface area contributed by atoms with Crippen LogP contribution in [0.4, 0.5) is 4.39 Å². The maximum Gasteiger partial charge on any atom is 0.227 e. The normalized spacial score (nSPS) is 22.8. The predicted molar refractivity (Wildman–Crippen MR) is 102 cm³/mol. The van der Waals surface area contributed by atoms with Gasteiger partial charge in [-0.3, -0.25) is 9.69 Å². The van der Waals surface area contributed by atoms with Crippen molar-refractivity contribution >= 4 is 27.5 Å². The fourth-order valence-corrected chi connectivity index (χ4v) is 4.87. The van der Waals surface area contributed by atoms with Gasteiger partial charge in [0.2, 0.25) is 15.9 Å².